The Balaban J connectivity index is 2.05. The van der Waals surface area contributed by atoms with Crippen LogP contribution < -0.4 is 0 Å². The molecule has 0 radical (unpaired) electrons. The first kappa shape index (κ1) is 9.55. The summed E-state index contributed by atoms with van der Waals surface area (Å²) in [5, 5.41) is 0. The summed E-state index contributed by atoms with van der Waals surface area (Å²) in [5.74, 6) is 4.42. The number of fused-ring (bicyclic) bond motifs is 1. The summed E-state index contributed by atoms with van der Waals surface area (Å²) in [6.45, 7) is 4.80. The SMILES string of the molecule is CCC1CCC2CCCC2C1CC. The Bertz CT molecular complexity index is 161. The van der Waals surface area contributed by atoms with E-state index >= 15 is 0 Å². The van der Waals surface area contributed by atoms with E-state index in [-0.39, 0.29) is 0 Å². The Kier molecular flexibility index (Phi) is 2.96. The zero-order valence-corrected chi connectivity index (χ0v) is 9.26. The summed E-state index contributed by atoms with van der Waals surface area (Å²) in [5.41, 5.74) is 0. The number of hydrogen-bond acceptors (Lipinski definition) is 0. The van der Waals surface area contributed by atoms with E-state index in [1.807, 2.05) is 0 Å². The van der Waals surface area contributed by atoms with Crippen molar-refractivity contribution < 1.29 is 0 Å². The summed E-state index contributed by atoms with van der Waals surface area (Å²) < 4.78 is 0. The molecule has 0 heterocycles. The van der Waals surface area contributed by atoms with Crippen molar-refractivity contribution in [3.8, 4) is 0 Å². The minimum atomic E-state index is 1.07. The molecule has 0 amide bonds. The second kappa shape index (κ2) is 4.02. The summed E-state index contributed by atoms with van der Waals surface area (Å²) in [4.78, 5) is 0. The van der Waals surface area contributed by atoms with Crippen LogP contribution in [0, 0.1) is 23.7 Å². The molecule has 0 saturated heterocycles. The van der Waals surface area contributed by atoms with Crippen LogP contribution in [0.1, 0.15) is 58.8 Å². The molecule has 0 aliphatic heterocycles. The van der Waals surface area contributed by atoms with Gasteiger partial charge in [0.15, 0.2) is 0 Å². The normalized spacial score (nSPS) is 44.8. The van der Waals surface area contributed by atoms with Gasteiger partial charge in [-0.25, -0.2) is 0 Å². The molecule has 2 aliphatic rings. The molecular weight excluding hydrogens is 156 g/mol. The maximum Gasteiger partial charge on any atom is -0.0355 e. The lowest BCUT2D eigenvalue weighted by Gasteiger charge is -2.39. The fourth-order valence-electron chi connectivity index (χ4n) is 4.12. The molecule has 2 fully saturated rings. The van der Waals surface area contributed by atoms with Crippen LogP contribution in [0.2, 0.25) is 0 Å². The van der Waals surface area contributed by atoms with E-state index in [9.17, 15) is 0 Å². The van der Waals surface area contributed by atoms with Gasteiger partial charge in [-0.1, -0.05) is 39.5 Å². The predicted octanol–water partition coefficient (Wildman–Crippen LogP) is 4.25. The molecule has 2 aliphatic carbocycles. The fraction of sp³-hybridized carbons (Fsp3) is 1.00. The Morgan fingerprint density at radius 2 is 1.77 bits per heavy atom. The molecule has 0 aromatic carbocycles. The molecule has 0 N–H and O–H groups in total. The minimum Gasteiger partial charge on any atom is -0.0651 e. The molecular formula is C13H24. The summed E-state index contributed by atoms with van der Waals surface area (Å²) in [6.07, 6.45) is 10.6. The van der Waals surface area contributed by atoms with Crippen molar-refractivity contribution in [2.24, 2.45) is 23.7 Å². The van der Waals surface area contributed by atoms with Gasteiger partial charge in [-0.05, 0) is 42.9 Å². The Morgan fingerprint density at radius 1 is 0.923 bits per heavy atom. The van der Waals surface area contributed by atoms with Gasteiger partial charge in [-0.15, -0.1) is 0 Å². The van der Waals surface area contributed by atoms with Crippen LogP contribution in [0.25, 0.3) is 0 Å². The van der Waals surface area contributed by atoms with Crippen LogP contribution in [0.15, 0.2) is 0 Å². The minimum absolute atomic E-state index is 1.07. The smallest absolute Gasteiger partial charge is 0.0355 e. The van der Waals surface area contributed by atoms with Crippen molar-refractivity contribution in [1.29, 1.82) is 0 Å². The van der Waals surface area contributed by atoms with Crippen LogP contribution in [0.5, 0.6) is 0 Å². The van der Waals surface area contributed by atoms with E-state index in [1.54, 1.807) is 19.3 Å². The van der Waals surface area contributed by atoms with Crippen molar-refractivity contribution in [2.75, 3.05) is 0 Å². The van der Waals surface area contributed by atoms with E-state index in [1.165, 1.54) is 25.7 Å². The van der Waals surface area contributed by atoms with Crippen LogP contribution >= 0.6 is 0 Å². The lowest BCUT2D eigenvalue weighted by atomic mass is 9.66. The van der Waals surface area contributed by atoms with Gasteiger partial charge in [0.2, 0.25) is 0 Å². The first-order chi connectivity index (χ1) is 6.36. The lowest BCUT2D eigenvalue weighted by Crippen LogP contribution is -2.31. The molecule has 0 nitrogen and oxygen atoms in total. The second-order valence-corrected chi connectivity index (χ2v) is 5.17. The van der Waals surface area contributed by atoms with Gasteiger partial charge in [-0.2, -0.15) is 0 Å². The van der Waals surface area contributed by atoms with Crippen molar-refractivity contribution in [2.45, 2.75) is 58.8 Å². The highest BCUT2D eigenvalue weighted by molar-refractivity contribution is 4.89. The molecule has 76 valence electrons. The average Bonchev–Trinajstić information content (AvgIpc) is 2.63. The standard InChI is InChI=1S/C13H24/c1-3-10-8-9-11-6-5-7-13(11)12(10)4-2/h10-13H,3-9H2,1-2H3. The van der Waals surface area contributed by atoms with Gasteiger partial charge in [0.1, 0.15) is 0 Å². The third-order valence-corrected chi connectivity index (χ3v) is 4.78. The molecule has 4 unspecified atom stereocenters. The molecule has 0 spiro atoms. The second-order valence-electron chi connectivity index (χ2n) is 5.17. The van der Waals surface area contributed by atoms with Crippen LogP contribution in [-0.2, 0) is 0 Å². The Hall–Kier alpha value is 0. The summed E-state index contributed by atoms with van der Waals surface area (Å²) in [7, 11) is 0. The predicted molar refractivity (Wildman–Crippen MR) is 57.6 cm³/mol. The quantitative estimate of drug-likeness (QED) is 0.596. The maximum atomic E-state index is 2.41. The fourth-order valence-corrected chi connectivity index (χ4v) is 4.12. The van der Waals surface area contributed by atoms with Crippen LogP contribution in [-0.4, -0.2) is 0 Å². The average molecular weight is 180 g/mol. The molecule has 0 heteroatoms. The third kappa shape index (κ3) is 1.65. The highest BCUT2D eigenvalue weighted by Crippen LogP contribution is 2.49. The summed E-state index contributed by atoms with van der Waals surface area (Å²) >= 11 is 0. The molecule has 2 rings (SSSR count). The van der Waals surface area contributed by atoms with Gasteiger partial charge in [-0.3, -0.25) is 0 Å². The van der Waals surface area contributed by atoms with Crippen molar-refractivity contribution in [3.05, 3.63) is 0 Å². The van der Waals surface area contributed by atoms with Gasteiger partial charge in [0, 0.05) is 0 Å². The zero-order chi connectivity index (χ0) is 9.26. The first-order valence-electron chi connectivity index (χ1n) is 6.36. The van der Waals surface area contributed by atoms with Gasteiger partial charge in [0.05, 0.1) is 0 Å². The van der Waals surface area contributed by atoms with E-state index in [2.05, 4.69) is 13.8 Å². The van der Waals surface area contributed by atoms with Gasteiger partial charge in [0.25, 0.3) is 0 Å². The van der Waals surface area contributed by atoms with Crippen molar-refractivity contribution in [1.82, 2.24) is 0 Å². The Morgan fingerprint density at radius 3 is 2.46 bits per heavy atom. The largest absolute Gasteiger partial charge is 0.0651 e. The van der Waals surface area contributed by atoms with E-state index in [0.717, 1.165) is 23.7 Å². The van der Waals surface area contributed by atoms with Crippen molar-refractivity contribution >= 4 is 0 Å². The first-order valence-corrected chi connectivity index (χ1v) is 6.36. The zero-order valence-electron chi connectivity index (χ0n) is 9.26. The highest BCUT2D eigenvalue weighted by atomic mass is 14.4. The molecule has 4 atom stereocenters. The molecule has 13 heavy (non-hydrogen) atoms. The van der Waals surface area contributed by atoms with E-state index in [0.29, 0.717) is 0 Å². The third-order valence-electron chi connectivity index (χ3n) is 4.78. The molecule has 0 bridgehead atoms. The van der Waals surface area contributed by atoms with E-state index in [4.69, 9.17) is 0 Å². The number of hydrogen-bond donors (Lipinski definition) is 0. The maximum absolute atomic E-state index is 2.41. The van der Waals surface area contributed by atoms with Crippen molar-refractivity contribution in [3.63, 3.8) is 0 Å². The number of rotatable bonds is 2. The monoisotopic (exact) mass is 180 g/mol. The van der Waals surface area contributed by atoms with Gasteiger partial charge >= 0.3 is 0 Å². The topological polar surface area (TPSA) is 0 Å². The molecule has 0 aromatic rings. The van der Waals surface area contributed by atoms with Crippen LogP contribution in [0.4, 0.5) is 0 Å². The molecule has 2 saturated carbocycles. The Labute approximate surface area is 83.1 Å². The van der Waals surface area contributed by atoms with E-state index < -0.39 is 0 Å². The van der Waals surface area contributed by atoms with Gasteiger partial charge < -0.3 is 0 Å². The van der Waals surface area contributed by atoms with Crippen LogP contribution in [0.3, 0.4) is 0 Å². The highest BCUT2D eigenvalue weighted by Gasteiger charge is 2.39. The molecule has 0 aromatic heterocycles. The lowest BCUT2D eigenvalue weighted by molar-refractivity contribution is 0.104. The summed E-state index contributed by atoms with van der Waals surface area (Å²) in [6, 6.07) is 0.